The van der Waals surface area contributed by atoms with Crippen molar-refractivity contribution in [3.8, 4) is 5.75 Å². The van der Waals surface area contributed by atoms with Crippen LogP contribution in [-0.4, -0.2) is 25.7 Å². The molecule has 2 heterocycles. The molecule has 0 unspecified atom stereocenters. The first-order valence-electron chi connectivity index (χ1n) is 8.52. The highest BCUT2D eigenvalue weighted by molar-refractivity contribution is 6.08. The summed E-state index contributed by atoms with van der Waals surface area (Å²) in [6.45, 7) is 2.46. The highest BCUT2D eigenvalue weighted by Crippen LogP contribution is 2.46. The second-order valence-electron chi connectivity index (χ2n) is 6.68. The number of nitrogens with zero attached hydrogens (tertiary/aromatic N) is 1. The average Bonchev–Trinajstić information content (AvgIpc) is 2.83. The van der Waals surface area contributed by atoms with Crippen LogP contribution in [0, 0.1) is 0 Å². The summed E-state index contributed by atoms with van der Waals surface area (Å²) < 4.78 is 12.2. The van der Waals surface area contributed by atoms with E-state index in [4.69, 9.17) is 9.47 Å². The number of rotatable bonds is 3. The lowest BCUT2D eigenvalue weighted by molar-refractivity contribution is -0.148. The number of carbonyl (C=O) groups is 1. The number of anilines is 1. The summed E-state index contributed by atoms with van der Waals surface area (Å²) >= 11 is 0. The third kappa shape index (κ3) is 2.63. The summed E-state index contributed by atoms with van der Waals surface area (Å²) in [7, 11) is 1.80. The molecular formula is C21H21NO3. The number of carbonyl (C=O) groups excluding carboxylic acids is 1. The van der Waals surface area contributed by atoms with Crippen molar-refractivity contribution in [2.75, 3.05) is 18.6 Å². The lowest BCUT2D eigenvalue weighted by Crippen LogP contribution is -2.45. The second kappa shape index (κ2) is 6.05. The topological polar surface area (TPSA) is 38.8 Å². The molecule has 0 N–H and O–H groups in total. The van der Waals surface area contributed by atoms with Crippen molar-refractivity contribution in [2.45, 2.75) is 25.0 Å². The molecule has 4 rings (SSSR count). The van der Waals surface area contributed by atoms with Gasteiger partial charge in [0.2, 0.25) is 0 Å². The van der Waals surface area contributed by atoms with Gasteiger partial charge in [-0.3, -0.25) is 4.79 Å². The lowest BCUT2D eigenvalue weighted by atomic mass is 9.88. The minimum Gasteiger partial charge on any atom is -0.491 e. The van der Waals surface area contributed by atoms with E-state index in [0.717, 1.165) is 29.0 Å². The van der Waals surface area contributed by atoms with Crippen LogP contribution < -0.4 is 9.64 Å². The summed E-state index contributed by atoms with van der Waals surface area (Å²) in [6, 6.07) is 17.5. The van der Waals surface area contributed by atoms with E-state index in [0.29, 0.717) is 6.61 Å². The molecule has 1 amide bonds. The van der Waals surface area contributed by atoms with Crippen molar-refractivity contribution in [1.82, 2.24) is 0 Å². The predicted octanol–water partition coefficient (Wildman–Crippen LogP) is 3.67. The molecule has 4 nitrogen and oxygen atoms in total. The molecule has 0 aliphatic carbocycles. The first-order chi connectivity index (χ1) is 12.1. The maximum atomic E-state index is 13.0. The van der Waals surface area contributed by atoms with Gasteiger partial charge in [0.05, 0.1) is 11.8 Å². The van der Waals surface area contributed by atoms with Crippen molar-refractivity contribution in [3.63, 3.8) is 0 Å². The molecule has 0 fully saturated rings. The van der Waals surface area contributed by atoms with Gasteiger partial charge >= 0.3 is 0 Å². The number of hydrogen-bond acceptors (Lipinski definition) is 3. The predicted molar refractivity (Wildman–Crippen MR) is 96.7 cm³/mol. The van der Waals surface area contributed by atoms with Gasteiger partial charge in [0.15, 0.2) is 5.60 Å². The van der Waals surface area contributed by atoms with Crippen LogP contribution in [0.4, 0.5) is 5.69 Å². The molecular weight excluding hydrogens is 314 g/mol. The van der Waals surface area contributed by atoms with Crippen LogP contribution in [0.5, 0.6) is 5.75 Å². The highest BCUT2D eigenvalue weighted by atomic mass is 16.6. The summed E-state index contributed by atoms with van der Waals surface area (Å²) in [4.78, 5) is 14.7. The number of benzene rings is 2. The van der Waals surface area contributed by atoms with E-state index in [1.54, 1.807) is 11.9 Å². The number of hydrogen-bond donors (Lipinski definition) is 0. The molecule has 2 atom stereocenters. The third-order valence-corrected chi connectivity index (χ3v) is 4.82. The van der Waals surface area contributed by atoms with Crippen molar-refractivity contribution in [2.24, 2.45) is 0 Å². The zero-order valence-electron chi connectivity index (χ0n) is 14.4. The molecule has 2 aliphatic rings. The molecule has 4 heteroatoms. The molecule has 0 bridgehead atoms. The maximum absolute atomic E-state index is 13.0. The minimum absolute atomic E-state index is 0.0440. The van der Waals surface area contributed by atoms with Crippen molar-refractivity contribution >= 4 is 11.6 Å². The number of likely N-dealkylation sites (N-methyl/N-ethyl adjacent to an activating group) is 1. The minimum atomic E-state index is -1.03. The molecule has 2 aromatic carbocycles. The van der Waals surface area contributed by atoms with Crippen LogP contribution >= 0.6 is 0 Å². The molecule has 25 heavy (non-hydrogen) atoms. The van der Waals surface area contributed by atoms with Gasteiger partial charge in [0.1, 0.15) is 12.4 Å². The van der Waals surface area contributed by atoms with Gasteiger partial charge in [-0.25, -0.2) is 0 Å². The molecule has 0 radical (unpaired) electrons. The molecule has 0 saturated carbocycles. The van der Waals surface area contributed by atoms with Crippen LogP contribution in [0.2, 0.25) is 0 Å². The van der Waals surface area contributed by atoms with Gasteiger partial charge in [-0.05, 0) is 37.6 Å². The molecule has 0 saturated heterocycles. The van der Waals surface area contributed by atoms with Gasteiger partial charge in [-0.1, -0.05) is 42.0 Å². The normalized spacial score (nSPS) is 25.0. The van der Waals surface area contributed by atoms with Crippen LogP contribution in [0.3, 0.4) is 0 Å². The second-order valence-corrected chi connectivity index (χ2v) is 6.68. The van der Waals surface area contributed by atoms with E-state index < -0.39 is 5.60 Å². The molecule has 0 aromatic heterocycles. The Labute approximate surface area is 147 Å². The Balaban J connectivity index is 1.62. The van der Waals surface area contributed by atoms with Crippen LogP contribution in [0.15, 0.2) is 66.2 Å². The van der Waals surface area contributed by atoms with Gasteiger partial charge in [-0.2, -0.15) is 0 Å². The Bertz CT molecular complexity index is 830. The average molecular weight is 335 g/mol. The number of para-hydroxylation sites is 2. The lowest BCUT2D eigenvalue weighted by Gasteiger charge is -2.35. The summed E-state index contributed by atoms with van der Waals surface area (Å²) in [5.41, 5.74) is 1.93. The summed E-state index contributed by atoms with van der Waals surface area (Å²) in [5, 5.41) is 0. The van der Waals surface area contributed by atoms with Crippen LogP contribution in [-0.2, 0) is 15.1 Å². The quantitative estimate of drug-likeness (QED) is 0.803. The maximum Gasteiger partial charge on any atom is 0.267 e. The van der Waals surface area contributed by atoms with Crippen LogP contribution in [0.1, 0.15) is 18.9 Å². The largest absolute Gasteiger partial charge is 0.491 e. The number of ether oxygens (including phenoxy) is 2. The Morgan fingerprint density at radius 3 is 2.68 bits per heavy atom. The number of amides is 1. The zero-order chi connectivity index (χ0) is 17.4. The fraction of sp³-hybridized carbons (Fsp3) is 0.286. The number of fused-ring (bicyclic) bond motifs is 2. The van der Waals surface area contributed by atoms with Crippen molar-refractivity contribution in [1.29, 1.82) is 0 Å². The van der Waals surface area contributed by atoms with Gasteiger partial charge < -0.3 is 14.4 Å². The highest BCUT2D eigenvalue weighted by Gasteiger charge is 2.52. The molecule has 2 aliphatic heterocycles. The molecule has 128 valence electrons. The van der Waals surface area contributed by atoms with E-state index in [9.17, 15) is 4.79 Å². The fourth-order valence-corrected chi connectivity index (χ4v) is 3.71. The van der Waals surface area contributed by atoms with E-state index in [-0.39, 0.29) is 12.0 Å². The van der Waals surface area contributed by atoms with E-state index in [1.165, 1.54) is 0 Å². The smallest absolute Gasteiger partial charge is 0.267 e. The van der Waals surface area contributed by atoms with Crippen LogP contribution in [0.25, 0.3) is 0 Å². The summed E-state index contributed by atoms with van der Waals surface area (Å²) in [5.74, 6) is 0.764. The van der Waals surface area contributed by atoms with Gasteiger partial charge in [0, 0.05) is 12.6 Å². The van der Waals surface area contributed by atoms with E-state index in [1.807, 2.05) is 67.6 Å². The Morgan fingerprint density at radius 2 is 1.88 bits per heavy atom. The van der Waals surface area contributed by atoms with Gasteiger partial charge in [0.25, 0.3) is 5.91 Å². The standard InChI is InChI=1S/C21H21NO3/c1-15-12-17(14-24-16-8-4-3-5-9-16)25-21(13-15)18-10-6-7-11-19(18)22(2)20(21)23/h3-11,13,17H,12,14H2,1-2H3/t17-,21+/m0/s1. The molecule has 1 spiro atoms. The zero-order valence-corrected chi connectivity index (χ0v) is 14.4. The SMILES string of the molecule is CC1=C[C@]2(O[C@H](COc3ccccc3)C1)C(=O)N(C)c1ccccc12. The Kier molecular flexibility index (Phi) is 3.85. The Hall–Kier alpha value is -2.59. The first-order valence-corrected chi connectivity index (χ1v) is 8.52. The monoisotopic (exact) mass is 335 g/mol. The fourth-order valence-electron chi connectivity index (χ4n) is 3.71. The summed E-state index contributed by atoms with van der Waals surface area (Å²) in [6.07, 6.45) is 2.55. The Morgan fingerprint density at radius 1 is 1.16 bits per heavy atom. The van der Waals surface area contributed by atoms with Crippen molar-refractivity contribution < 1.29 is 14.3 Å². The third-order valence-electron chi connectivity index (χ3n) is 4.82. The van der Waals surface area contributed by atoms with Crippen molar-refractivity contribution in [3.05, 3.63) is 71.8 Å². The van der Waals surface area contributed by atoms with E-state index in [2.05, 4.69) is 0 Å². The van der Waals surface area contributed by atoms with Gasteiger partial charge in [-0.15, -0.1) is 0 Å². The molecule has 2 aromatic rings. The van der Waals surface area contributed by atoms with E-state index >= 15 is 0 Å². The first kappa shape index (κ1) is 15.9.